The van der Waals surface area contributed by atoms with E-state index in [1.54, 1.807) is 13.8 Å². The molecule has 0 aromatic carbocycles. The standard InChI is InChI=1S/C13H18O4/c1-5-9-13(10-6-2,11(14)16-7-3)12(15)17-8-4/h1,6H,2,7-10H2,3-4H3/i2+1. The fourth-order valence-corrected chi connectivity index (χ4v) is 1.43. The molecule has 4 nitrogen and oxygen atoms in total. The maximum atomic E-state index is 11.9. The molecule has 0 aliphatic rings. The molecule has 4 heteroatoms. The Morgan fingerprint density at radius 3 is 2.06 bits per heavy atom. The number of esters is 2. The minimum Gasteiger partial charge on any atom is -0.465 e. The van der Waals surface area contributed by atoms with E-state index in [0.29, 0.717) is 0 Å². The Balaban J connectivity index is 5.25. The minimum absolute atomic E-state index is 0.0588. The summed E-state index contributed by atoms with van der Waals surface area (Å²) in [5, 5.41) is 0. The summed E-state index contributed by atoms with van der Waals surface area (Å²) in [5.74, 6) is 1.01. The molecular weight excluding hydrogens is 221 g/mol. The SMILES string of the molecule is C#CCC(CC=[13CH2])(C(=O)OCC)C(=O)OCC. The van der Waals surface area contributed by atoms with Crippen molar-refractivity contribution in [3.05, 3.63) is 12.7 Å². The number of allylic oxidation sites excluding steroid dienone is 1. The number of hydrogen-bond acceptors (Lipinski definition) is 4. The van der Waals surface area contributed by atoms with Crippen LogP contribution in [0.3, 0.4) is 0 Å². The van der Waals surface area contributed by atoms with E-state index in [-0.39, 0.29) is 26.1 Å². The summed E-state index contributed by atoms with van der Waals surface area (Å²) < 4.78 is 9.79. The Morgan fingerprint density at radius 2 is 1.76 bits per heavy atom. The van der Waals surface area contributed by atoms with E-state index in [2.05, 4.69) is 12.5 Å². The molecule has 0 heterocycles. The van der Waals surface area contributed by atoms with Crippen molar-refractivity contribution in [3.63, 3.8) is 0 Å². The van der Waals surface area contributed by atoms with E-state index in [1.807, 2.05) is 0 Å². The largest absolute Gasteiger partial charge is 0.465 e. The van der Waals surface area contributed by atoms with Crippen molar-refractivity contribution in [2.75, 3.05) is 13.2 Å². The van der Waals surface area contributed by atoms with Gasteiger partial charge in [0.2, 0.25) is 0 Å². The third-order valence-corrected chi connectivity index (χ3v) is 2.23. The van der Waals surface area contributed by atoms with Gasteiger partial charge in [-0.1, -0.05) is 6.08 Å². The van der Waals surface area contributed by atoms with E-state index in [1.165, 1.54) is 6.08 Å². The molecule has 0 aromatic rings. The number of rotatable bonds is 7. The van der Waals surface area contributed by atoms with E-state index in [0.717, 1.165) is 0 Å². The van der Waals surface area contributed by atoms with Crippen LogP contribution in [0.2, 0.25) is 0 Å². The first kappa shape index (κ1) is 15.2. The third kappa shape index (κ3) is 3.63. The van der Waals surface area contributed by atoms with Gasteiger partial charge < -0.3 is 9.47 Å². The van der Waals surface area contributed by atoms with Crippen LogP contribution >= 0.6 is 0 Å². The molecule has 0 aliphatic heterocycles. The molecule has 0 aromatic heterocycles. The van der Waals surface area contributed by atoms with Gasteiger partial charge in [0.25, 0.3) is 0 Å². The van der Waals surface area contributed by atoms with Crippen LogP contribution in [-0.4, -0.2) is 25.2 Å². The second kappa shape index (κ2) is 7.50. The summed E-state index contributed by atoms with van der Waals surface area (Å²) >= 11 is 0. The fourth-order valence-electron chi connectivity index (χ4n) is 1.43. The predicted octanol–water partition coefficient (Wildman–Crippen LogP) is 1.70. The molecule has 0 atom stereocenters. The van der Waals surface area contributed by atoms with E-state index >= 15 is 0 Å². The van der Waals surface area contributed by atoms with Crippen LogP contribution < -0.4 is 0 Å². The molecule has 0 bridgehead atoms. The molecule has 17 heavy (non-hydrogen) atoms. The first-order valence-electron chi connectivity index (χ1n) is 5.47. The molecule has 0 unspecified atom stereocenters. The van der Waals surface area contributed by atoms with Crippen LogP contribution in [0.4, 0.5) is 0 Å². The fraction of sp³-hybridized carbons (Fsp3) is 0.538. The normalized spacial score (nSPS) is 10.2. The van der Waals surface area contributed by atoms with E-state index in [9.17, 15) is 9.59 Å². The van der Waals surface area contributed by atoms with Crippen molar-refractivity contribution in [2.45, 2.75) is 26.7 Å². The zero-order chi connectivity index (χ0) is 13.3. The molecule has 0 saturated heterocycles. The molecule has 0 aliphatic carbocycles. The van der Waals surface area contributed by atoms with Crippen LogP contribution in [0.15, 0.2) is 12.7 Å². The Morgan fingerprint density at radius 1 is 1.29 bits per heavy atom. The Labute approximate surface area is 102 Å². The van der Waals surface area contributed by atoms with Gasteiger partial charge in [0.15, 0.2) is 5.41 Å². The van der Waals surface area contributed by atoms with Crippen LogP contribution in [0, 0.1) is 17.8 Å². The minimum atomic E-state index is -1.46. The van der Waals surface area contributed by atoms with Crippen LogP contribution in [0.25, 0.3) is 0 Å². The molecule has 0 saturated carbocycles. The van der Waals surface area contributed by atoms with Gasteiger partial charge in [-0.15, -0.1) is 18.9 Å². The first-order valence-corrected chi connectivity index (χ1v) is 5.47. The maximum Gasteiger partial charge on any atom is 0.324 e. The highest BCUT2D eigenvalue weighted by molar-refractivity contribution is 6.00. The average Bonchev–Trinajstić information content (AvgIpc) is 2.29. The highest BCUT2D eigenvalue weighted by atomic mass is 16.6. The van der Waals surface area contributed by atoms with Crippen molar-refractivity contribution in [2.24, 2.45) is 5.41 Å². The van der Waals surface area contributed by atoms with Crippen molar-refractivity contribution in [1.29, 1.82) is 0 Å². The number of ether oxygens (including phenoxy) is 2. The van der Waals surface area contributed by atoms with E-state index < -0.39 is 17.4 Å². The van der Waals surface area contributed by atoms with Crippen molar-refractivity contribution in [1.82, 2.24) is 0 Å². The predicted molar refractivity (Wildman–Crippen MR) is 64.0 cm³/mol. The lowest BCUT2D eigenvalue weighted by atomic mass is 9.81. The summed E-state index contributed by atoms with van der Waals surface area (Å²) in [6.07, 6.45) is 6.72. The zero-order valence-electron chi connectivity index (χ0n) is 10.3. The summed E-state index contributed by atoms with van der Waals surface area (Å²) in [5.41, 5.74) is -1.46. The van der Waals surface area contributed by atoms with Gasteiger partial charge >= 0.3 is 11.9 Å². The van der Waals surface area contributed by atoms with Crippen molar-refractivity contribution >= 4 is 11.9 Å². The lowest BCUT2D eigenvalue weighted by Crippen LogP contribution is -2.41. The van der Waals surface area contributed by atoms with Crippen LogP contribution in [0.1, 0.15) is 26.7 Å². The third-order valence-electron chi connectivity index (χ3n) is 2.23. The Hall–Kier alpha value is -1.76. The number of terminal acetylenes is 1. The average molecular weight is 239 g/mol. The first-order chi connectivity index (χ1) is 8.08. The van der Waals surface area contributed by atoms with Gasteiger partial charge in [-0.25, -0.2) is 0 Å². The number of carbonyl (C=O) groups excluding carboxylic acids is 2. The summed E-state index contributed by atoms with van der Waals surface area (Å²) in [4.78, 5) is 23.8. The molecule has 0 fully saturated rings. The monoisotopic (exact) mass is 239 g/mol. The highest BCUT2D eigenvalue weighted by Crippen LogP contribution is 2.30. The van der Waals surface area contributed by atoms with Gasteiger partial charge in [-0.2, -0.15) is 0 Å². The summed E-state index contributed by atoms with van der Waals surface area (Å²) in [7, 11) is 0. The Bertz CT molecular complexity index is 307. The van der Waals surface area contributed by atoms with Gasteiger partial charge in [0.05, 0.1) is 13.2 Å². The molecule has 0 N–H and O–H groups in total. The van der Waals surface area contributed by atoms with Gasteiger partial charge in [-0.05, 0) is 20.3 Å². The lowest BCUT2D eigenvalue weighted by molar-refractivity contribution is -0.171. The van der Waals surface area contributed by atoms with Crippen molar-refractivity contribution < 1.29 is 19.1 Å². The van der Waals surface area contributed by atoms with Crippen molar-refractivity contribution in [3.8, 4) is 12.3 Å². The maximum absolute atomic E-state index is 11.9. The summed E-state index contributed by atoms with van der Waals surface area (Å²) in [6.45, 7) is 7.22. The van der Waals surface area contributed by atoms with E-state index in [4.69, 9.17) is 15.9 Å². The molecular formula is C13H18O4. The molecule has 0 radical (unpaired) electrons. The highest BCUT2D eigenvalue weighted by Gasteiger charge is 2.47. The van der Waals surface area contributed by atoms with Gasteiger partial charge in [0, 0.05) is 6.42 Å². The van der Waals surface area contributed by atoms with Crippen LogP contribution in [-0.2, 0) is 19.1 Å². The molecule has 94 valence electrons. The second-order valence-corrected chi connectivity index (χ2v) is 3.40. The topological polar surface area (TPSA) is 52.6 Å². The van der Waals surface area contributed by atoms with Gasteiger partial charge in [0.1, 0.15) is 0 Å². The number of carbonyl (C=O) groups is 2. The zero-order valence-corrected chi connectivity index (χ0v) is 10.3. The molecule has 0 spiro atoms. The summed E-state index contributed by atoms with van der Waals surface area (Å²) in [6, 6.07) is 0. The van der Waals surface area contributed by atoms with Crippen LogP contribution in [0.5, 0.6) is 0 Å². The molecule has 0 rings (SSSR count). The smallest absolute Gasteiger partial charge is 0.324 e. The molecule has 0 amide bonds. The number of hydrogen-bond donors (Lipinski definition) is 0. The van der Waals surface area contributed by atoms with Gasteiger partial charge in [-0.3, -0.25) is 9.59 Å². The second-order valence-electron chi connectivity index (χ2n) is 3.40. The quantitative estimate of drug-likeness (QED) is 0.223. The lowest BCUT2D eigenvalue weighted by Gasteiger charge is -2.25. The Kier molecular flexibility index (Phi) is 6.73.